The van der Waals surface area contributed by atoms with Crippen molar-refractivity contribution >= 4 is 11.7 Å². The fraction of sp³-hybridized carbons (Fsp3) is 0.500. The summed E-state index contributed by atoms with van der Waals surface area (Å²) in [4.78, 5) is 15.8. The highest BCUT2D eigenvalue weighted by Crippen LogP contribution is 2.34. The van der Waals surface area contributed by atoms with Crippen molar-refractivity contribution in [2.75, 3.05) is 5.73 Å². The van der Waals surface area contributed by atoms with E-state index in [2.05, 4.69) is 17.2 Å². The van der Waals surface area contributed by atoms with Gasteiger partial charge in [0.05, 0.1) is 5.56 Å². The van der Waals surface area contributed by atoms with E-state index in [-0.39, 0.29) is 11.4 Å². The Morgan fingerprint density at radius 3 is 2.75 bits per heavy atom. The van der Waals surface area contributed by atoms with Crippen LogP contribution < -0.4 is 11.1 Å². The zero-order valence-electron chi connectivity index (χ0n) is 9.49. The molecule has 0 saturated heterocycles. The van der Waals surface area contributed by atoms with E-state index >= 15 is 0 Å². The standard InChI is InChI=1S/C12H17N3O/c1-2-12(6-3-7-12)15-11(16)9-4-5-10(13)14-8-9/h4-5,8H,2-3,6-7H2,1H3,(H2,13,14)(H,15,16). The molecule has 1 saturated carbocycles. The van der Waals surface area contributed by atoms with Gasteiger partial charge in [-0.1, -0.05) is 6.92 Å². The first-order valence-electron chi connectivity index (χ1n) is 5.69. The van der Waals surface area contributed by atoms with E-state index in [1.165, 1.54) is 12.6 Å². The van der Waals surface area contributed by atoms with Gasteiger partial charge in [0.15, 0.2) is 0 Å². The van der Waals surface area contributed by atoms with E-state index in [0.717, 1.165) is 19.3 Å². The summed E-state index contributed by atoms with van der Waals surface area (Å²) in [5.41, 5.74) is 6.08. The minimum Gasteiger partial charge on any atom is -0.384 e. The number of nitrogens with zero attached hydrogens (tertiary/aromatic N) is 1. The van der Waals surface area contributed by atoms with Gasteiger partial charge in [-0.2, -0.15) is 0 Å². The van der Waals surface area contributed by atoms with E-state index in [1.54, 1.807) is 12.1 Å². The molecule has 1 aliphatic rings. The number of carbonyl (C=O) groups excluding carboxylic acids is 1. The zero-order valence-corrected chi connectivity index (χ0v) is 9.49. The van der Waals surface area contributed by atoms with Crippen LogP contribution >= 0.6 is 0 Å². The van der Waals surface area contributed by atoms with Crippen molar-refractivity contribution in [2.45, 2.75) is 38.1 Å². The molecule has 1 aromatic heterocycles. The van der Waals surface area contributed by atoms with Gasteiger partial charge in [0.25, 0.3) is 5.91 Å². The lowest BCUT2D eigenvalue weighted by atomic mass is 9.74. The number of pyridine rings is 1. The lowest BCUT2D eigenvalue weighted by Crippen LogP contribution is -2.52. The van der Waals surface area contributed by atoms with Crippen LogP contribution in [0.25, 0.3) is 0 Å². The molecule has 4 heteroatoms. The minimum atomic E-state index is -0.0472. The third-order valence-corrected chi connectivity index (χ3v) is 3.41. The van der Waals surface area contributed by atoms with Crippen LogP contribution in [-0.2, 0) is 0 Å². The molecule has 16 heavy (non-hydrogen) atoms. The molecule has 1 aliphatic carbocycles. The Morgan fingerprint density at radius 1 is 1.56 bits per heavy atom. The van der Waals surface area contributed by atoms with Gasteiger partial charge in [-0.05, 0) is 37.8 Å². The van der Waals surface area contributed by atoms with E-state index in [0.29, 0.717) is 11.4 Å². The monoisotopic (exact) mass is 219 g/mol. The van der Waals surface area contributed by atoms with Crippen LogP contribution in [0.3, 0.4) is 0 Å². The zero-order chi connectivity index (χ0) is 11.6. The van der Waals surface area contributed by atoms with Crippen LogP contribution in [0.1, 0.15) is 43.0 Å². The molecule has 86 valence electrons. The molecule has 0 bridgehead atoms. The quantitative estimate of drug-likeness (QED) is 0.813. The molecule has 2 rings (SSSR count). The van der Waals surface area contributed by atoms with Gasteiger partial charge in [-0.3, -0.25) is 4.79 Å². The maximum atomic E-state index is 11.9. The minimum absolute atomic E-state index is 0.0263. The maximum Gasteiger partial charge on any atom is 0.253 e. The van der Waals surface area contributed by atoms with E-state index < -0.39 is 0 Å². The summed E-state index contributed by atoms with van der Waals surface area (Å²) < 4.78 is 0. The first kappa shape index (κ1) is 10.9. The number of hydrogen-bond donors (Lipinski definition) is 2. The third-order valence-electron chi connectivity index (χ3n) is 3.41. The summed E-state index contributed by atoms with van der Waals surface area (Å²) in [7, 11) is 0. The van der Waals surface area contributed by atoms with Crippen molar-refractivity contribution in [1.82, 2.24) is 10.3 Å². The highest BCUT2D eigenvalue weighted by Gasteiger charge is 2.36. The van der Waals surface area contributed by atoms with Crippen LogP contribution in [0.15, 0.2) is 18.3 Å². The number of carbonyl (C=O) groups is 1. The third kappa shape index (κ3) is 2.01. The molecule has 0 aromatic carbocycles. The lowest BCUT2D eigenvalue weighted by Gasteiger charge is -2.42. The van der Waals surface area contributed by atoms with Gasteiger partial charge >= 0.3 is 0 Å². The number of amides is 1. The summed E-state index contributed by atoms with van der Waals surface area (Å²) in [6.45, 7) is 2.11. The molecule has 0 atom stereocenters. The van der Waals surface area contributed by atoms with Crippen LogP contribution in [0.2, 0.25) is 0 Å². The van der Waals surface area contributed by atoms with Crippen LogP contribution in [0.5, 0.6) is 0 Å². The second kappa shape index (κ2) is 4.12. The average molecular weight is 219 g/mol. The number of anilines is 1. The van der Waals surface area contributed by atoms with Gasteiger partial charge < -0.3 is 11.1 Å². The summed E-state index contributed by atoms with van der Waals surface area (Å²) in [5.74, 6) is 0.388. The molecular formula is C12H17N3O. The van der Waals surface area contributed by atoms with Gasteiger partial charge in [-0.25, -0.2) is 4.98 Å². The van der Waals surface area contributed by atoms with Crippen molar-refractivity contribution < 1.29 is 4.79 Å². The molecule has 1 fully saturated rings. The molecule has 1 aromatic rings. The summed E-state index contributed by atoms with van der Waals surface area (Å²) in [5, 5.41) is 3.10. The summed E-state index contributed by atoms with van der Waals surface area (Å²) in [6, 6.07) is 3.36. The Morgan fingerprint density at radius 2 is 2.31 bits per heavy atom. The molecule has 1 heterocycles. The number of hydrogen-bond acceptors (Lipinski definition) is 3. The molecule has 3 N–H and O–H groups in total. The number of nitrogens with two attached hydrogens (primary N) is 1. The van der Waals surface area contributed by atoms with Crippen molar-refractivity contribution in [3.05, 3.63) is 23.9 Å². The van der Waals surface area contributed by atoms with E-state index in [4.69, 9.17) is 5.73 Å². The average Bonchev–Trinajstić information content (AvgIpc) is 2.24. The Bertz CT molecular complexity index is 376. The largest absolute Gasteiger partial charge is 0.384 e. The molecule has 1 amide bonds. The number of rotatable bonds is 3. The van der Waals surface area contributed by atoms with Gasteiger partial charge in [0.1, 0.15) is 5.82 Å². The Hall–Kier alpha value is -1.58. The highest BCUT2D eigenvalue weighted by atomic mass is 16.1. The maximum absolute atomic E-state index is 11.9. The second-order valence-corrected chi connectivity index (χ2v) is 4.41. The van der Waals surface area contributed by atoms with Crippen molar-refractivity contribution in [1.29, 1.82) is 0 Å². The highest BCUT2D eigenvalue weighted by molar-refractivity contribution is 5.94. The fourth-order valence-corrected chi connectivity index (χ4v) is 2.02. The molecule has 4 nitrogen and oxygen atoms in total. The molecule has 0 aliphatic heterocycles. The van der Waals surface area contributed by atoms with Crippen molar-refractivity contribution in [3.8, 4) is 0 Å². The number of aromatic nitrogens is 1. The predicted molar refractivity (Wildman–Crippen MR) is 63.0 cm³/mol. The first-order chi connectivity index (χ1) is 7.65. The number of nitrogen functional groups attached to an aromatic ring is 1. The van der Waals surface area contributed by atoms with Crippen LogP contribution in [-0.4, -0.2) is 16.4 Å². The Balaban J connectivity index is 2.05. The van der Waals surface area contributed by atoms with Gasteiger partial charge in [0, 0.05) is 11.7 Å². The SMILES string of the molecule is CCC1(NC(=O)c2ccc(N)nc2)CCC1. The predicted octanol–water partition coefficient (Wildman–Crippen LogP) is 1.73. The topological polar surface area (TPSA) is 68.0 Å². The number of nitrogens with one attached hydrogen (secondary N) is 1. The van der Waals surface area contributed by atoms with Gasteiger partial charge in [0.2, 0.25) is 0 Å². The van der Waals surface area contributed by atoms with Crippen molar-refractivity contribution in [2.24, 2.45) is 0 Å². The van der Waals surface area contributed by atoms with Crippen LogP contribution in [0.4, 0.5) is 5.82 Å². The van der Waals surface area contributed by atoms with E-state index in [9.17, 15) is 4.79 Å². The molecule has 0 radical (unpaired) electrons. The van der Waals surface area contributed by atoms with E-state index in [1.807, 2.05) is 0 Å². The smallest absolute Gasteiger partial charge is 0.253 e. The van der Waals surface area contributed by atoms with Gasteiger partial charge in [-0.15, -0.1) is 0 Å². The molecule has 0 spiro atoms. The Labute approximate surface area is 95.3 Å². The van der Waals surface area contributed by atoms with Crippen molar-refractivity contribution in [3.63, 3.8) is 0 Å². The normalized spacial score (nSPS) is 17.6. The first-order valence-corrected chi connectivity index (χ1v) is 5.69. The molecular weight excluding hydrogens is 202 g/mol. The fourth-order valence-electron chi connectivity index (χ4n) is 2.02. The lowest BCUT2D eigenvalue weighted by molar-refractivity contribution is 0.0820. The van der Waals surface area contributed by atoms with Crippen LogP contribution in [0, 0.1) is 0 Å². The summed E-state index contributed by atoms with van der Waals surface area (Å²) >= 11 is 0. The molecule has 0 unspecified atom stereocenters. The second-order valence-electron chi connectivity index (χ2n) is 4.41. The Kier molecular flexibility index (Phi) is 2.81. The summed E-state index contributed by atoms with van der Waals surface area (Å²) in [6.07, 6.45) is 5.87.